The lowest BCUT2D eigenvalue weighted by Crippen LogP contribution is -2.19. The Morgan fingerprint density at radius 3 is 1.62 bits per heavy atom. The van der Waals surface area contributed by atoms with Crippen LogP contribution in [0, 0.1) is 7.43 Å². The molecule has 3 heteroatoms. The normalized spacial score (nSPS) is 15.5. The highest BCUT2D eigenvalue weighted by Crippen LogP contribution is 1.82. The van der Waals surface area contributed by atoms with Gasteiger partial charge in [-0.3, -0.25) is 14.9 Å². The summed E-state index contributed by atoms with van der Waals surface area (Å²) < 4.78 is 0. The first kappa shape index (κ1) is 6.88. The number of rotatable bonds is 0. The summed E-state index contributed by atoms with van der Waals surface area (Å²) in [6, 6.07) is 0. The molecule has 2 amide bonds. The minimum atomic E-state index is -0.329. The third kappa shape index (κ3) is 1.18. The Balaban J connectivity index is 0.000000490. The number of carbonyl (C=O) groups is 2. The smallest absolute Gasteiger partial charge is 0.250 e. The van der Waals surface area contributed by atoms with Gasteiger partial charge in [0.15, 0.2) is 0 Å². The SMILES string of the molecule is O=C1C=CC(=O)N1.[CH3]. The van der Waals surface area contributed by atoms with Crippen molar-refractivity contribution in [3.05, 3.63) is 19.6 Å². The molecule has 1 aliphatic rings. The third-order valence-corrected chi connectivity index (χ3v) is 0.632. The van der Waals surface area contributed by atoms with E-state index in [9.17, 15) is 9.59 Å². The van der Waals surface area contributed by atoms with Crippen molar-refractivity contribution in [3.63, 3.8) is 0 Å². The highest BCUT2D eigenvalue weighted by molar-refractivity contribution is 6.12. The van der Waals surface area contributed by atoms with Gasteiger partial charge in [-0.25, -0.2) is 0 Å². The molecule has 0 unspecified atom stereocenters. The van der Waals surface area contributed by atoms with Crippen molar-refractivity contribution in [1.82, 2.24) is 5.32 Å². The van der Waals surface area contributed by atoms with Crippen LogP contribution in [0.2, 0.25) is 0 Å². The molecule has 0 fully saturated rings. The summed E-state index contributed by atoms with van der Waals surface area (Å²) in [5, 5.41) is 2.03. The Labute approximate surface area is 47.4 Å². The zero-order chi connectivity index (χ0) is 5.28. The summed E-state index contributed by atoms with van der Waals surface area (Å²) in [5.74, 6) is -0.657. The van der Waals surface area contributed by atoms with Gasteiger partial charge in [-0.2, -0.15) is 0 Å². The zero-order valence-corrected chi connectivity index (χ0v) is 4.47. The Bertz CT molecular complexity index is 133. The van der Waals surface area contributed by atoms with Gasteiger partial charge in [-0.1, -0.05) is 7.43 Å². The summed E-state index contributed by atoms with van der Waals surface area (Å²) in [6.45, 7) is 0. The molecule has 0 bridgehead atoms. The summed E-state index contributed by atoms with van der Waals surface area (Å²) in [4.78, 5) is 20.1. The van der Waals surface area contributed by atoms with Crippen molar-refractivity contribution in [2.75, 3.05) is 0 Å². The molecule has 0 atom stereocenters. The van der Waals surface area contributed by atoms with Crippen molar-refractivity contribution in [2.24, 2.45) is 0 Å². The van der Waals surface area contributed by atoms with Gasteiger partial charge in [0.1, 0.15) is 0 Å². The molecule has 1 rings (SSSR count). The molecule has 43 valence electrons. The van der Waals surface area contributed by atoms with Crippen LogP contribution in [-0.2, 0) is 9.59 Å². The van der Waals surface area contributed by atoms with E-state index in [4.69, 9.17) is 0 Å². The van der Waals surface area contributed by atoms with Crippen LogP contribution >= 0.6 is 0 Å². The molecule has 0 saturated heterocycles. The van der Waals surface area contributed by atoms with E-state index in [1.165, 1.54) is 12.2 Å². The monoisotopic (exact) mass is 112 g/mol. The minimum absolute atomic E-state index is 0. The van der Waals surface area contributed by atoms with Gasteiger partial charge in [0, 0.05) is 12.2 Å². The summed E-state index contributed by atoms with van der Waals surface area (Å²) in [6.07, 6.45) is 2.39. The van der Waals surface area contributed by atoms with E-state index in [-0.39, 0.29) is 19.2 Å². The van der Waals surface area contributed by atoms with Crippen LogP contribution in [-0.4, -0.2) is 11.8 Å². The molecular formula is C5H6NO2. The maximum Gasteiger partial charge on any atom is 0.250 e. The minimum Gasteiger partial charge on any atom is -0.289 e. The number of imide groups is 1. The van der Waals surface area contributed by atoms with Crippen LogP contribution < -0.4 is 5.32 Å². The largest absolute Gasteiger partial charge is 0.289 e. The lowest BCUT2D eigenvalue weighted by Gasteiger charge is -1.80. The molecule has 1 aliphatic heterocycles. The van der Waals surface area contributed by atoms with E-state index >= 15 is 0 Å². The zero-order valence-electron chi connectivity index (χ0n) is 4.47. The topological polar surface area (TPSA) is 46.2 Å². The van der Waals surface area contributed by atoms with Crippen LogP contribution in [0.25, 0.3) is 0 Å². The first-order valence-corrected chi connectivity index (χ1v) is 1.82. The predicted octanol–water partition coefficient (Wildman–Crippen LogP) is -0.351. The molecule has 1 radical (unpaired) electrons. The number of hydrogen-bond donors (Lipinski definition) is 1. The quantitative estimate of drug-likeness (QED) is 0.435. The molecule has 0 aromatic heterocycles. The fourth-order valence-electron chi connectivity index (χ4n) is 0.356. The molecule has 0 saturated carbocycles. The Morgan fingerprint density at radius 2 is 1.50 bits per heavy atom. The summed E-state index contributed by atoms with van der Waals surface area (Å²) in [7, 11) is 0. The first-order valence-electron chi connectivity index (χ1n) is 1.82. The molecule has 1 N–H and O–H groups in total. The van der Waals surface area contributed by atoms with Gasteiger partial charge in [0.2, 0.25) is 0 Å². The van der Waals surface area contributed by atoms with Crippen LogP contribution in [0.15, 0.2) is 12.2 Å². The van der Waals surface area contributed by atoms with Crippen molar-refractivity contribution in [3.8, 4) is 0 Å². The average Bonchev–Trinajstić information content (AvgIpc) is 1.87. The van der Waals surface area contributed by atoms with Gasteiger partial charge < -0.3 is 0 Å². The molecule has 0 aromatic carbocycles. The van der Waals surface area contributed by atoms with Crippen molar-refractivity contribution in [1.29, 1.82) is 0 Å². The second-order valence-electron chi connectivity index (χ2n) is 1.19. The van der Waals surface area contributed by atoms with E-state index in [0.29, 0.717) is 0 Å². The average molecular weight is 112 g/mol. The number of amides is 2. The first-order chi connectivity index (χ1) is 3.29. The van der Waals surface area contributed by atoms with E-state index in [0.717, 1.165) is 0 Å². The highest BCUT2D eigenvalue weighted by Gasteiger charge is 2.06. The lowest BCUT2D eigenvalue weighted by atomic mass is 10.6. The molecular weight excluding hydrogens is 106 g/mol. The fraction of sp³-hybridized carbons (Fsp3) is 0. The fourth-order valence-corrected chi connectivity index (χ4v) is 0.356. The predicted molar refractivity (Wildman–Crippen MR) is 28.7 cm³/mol. The summed E-state index contributed by atoms with van der Waals surface area (Å²) >= 11 is 0. The second-order valence-corrected chi connectivity index (χ2v) is 1.19. The van der Waals surface area contributed by atoms with E-state index in [1.807, 2.05) is 5.32 Å². The van der Waals surface area contributed by atoms with Crippen molar-refractivity contribution < 1.29 is 9.59 Å². The van der Waals surface area contributed by atoms with Crippen LogP contribution in [0.5, 0.6) is 0 Å². The molecule has 1 heterocycles. The van der Waals surface area contributed by atoms with Gasteiger partial charge in [-0.05, 0) is 0 Å². The molecule has 3 nitrogen and oxygen atoms in total. The Kier molecular flexibility index (Phi) is 1.94. The van der Waals surface area contributed by atoms with Crippen molar-refractivity contribution >= 4 is 11.8 Å². The maximum absolute atomic E-state index is 10.0. The van der Waals surface area contributed by atoms with Crippen LogP contribution in [0.4, 0.5) is 0 Å². The number of carbonyl (C=O) groups excluding carboxylic acids is 2. The number of hydrogen-bond acceptors (Lipinski definition) is 2. The third-order valence-electron chi connectivity index (χ3n) is 0.632. The van der Waals surface area contributed by atoms with E-state index < -0.39 is 0 Å². The van der Waals surface area contributed by atoms with E-state index in [1.54, 1.807) is 0 Å². The molecule has 0 aliphatic carbocycles. The highest BCUT2D eigenvalue weighted by atomic mass is 16.2. The maximum atomic E-state index is 10.0. The van der Waals surface area contributed by atoms with Gasteiger partial charge in [0.25, 0.3) is 11.8 Å². The standard InChI is InChI=1S/C4H3NO2.CH3/c6-3-1-2-4(7)5-3;/h1-2H,(H,5,6,7);1H3. The molecule has 0 aromatic rings. The van der Waals surface area contributed by atoms with E-state index in [2.05, 4.69) is 0 Å². The van der Waals surface area contributed by atoms with Gasteiger partial charge in [0.05, 0.1) is 0 Å². The Morgan fingerprint density at radius 1 is 1.12 bits per heavy atom. The molecule has 8 heavy (non-hydrogen) atoms. The number of nitrogens with one attached hydrogen (secondary N) is 1. The lowest BCUT2D eigenvalue weighted by molar-refractivity contribution is -0.123. The van der Waals surface area contributed by atoms with Gasteiger partial charge in [-0.15, -0.1) is 0 Å². The summed E-state index contributed by atoms with van der Waals surface area (Å²) in [5.41, 5.74) is 0. The Hall–Kier alpha value is -1.12. The second kappa shape index (κ2) is 2.26. The van der Waals surface area contributed by atoms with Gasteiger partial charge >= 0.3 is 0 Å². The molecule has 0 spiro atoms. The van der Waals surface area contributed by atoms with Crippen LogP contribution in [0.1, 0.15) is 0 Å². The van der Waals surface area contributed by atoms with Crippen molar-refractivity contribution in [2.45, 2.75) is 0 Å². The van der Waals surface area contributed by atoms with Crippen LogP contribution in [0.3, 0.4) is 0 Å².